The van der Waals surface area contributed by atoms with E-state index in [0.717, 1.165) is 23.6 Å². The van der Waals surface area contributed by atoms with Crippen LogP contribution in [0.3, 0.4) is 0 Å². The van der Waals surface area contributed by atoms with Crippen LogP contribution >= 0.6 is 0 Å². The van der Waals surface area contributed by atoms with Crippen LogP contribution in [0.15, 0.2) is 30.6 Å². The number of carbonyl (C=O) groups is 1. The number of fused-ring (bicyclic) bond motifs is 1. The molecule has 1 aliphatic rings. The van der Waals surface area contributed by atoms with E-state index < -0.39 is 5.60 Å². The van der Waals surface area contributed by atoms with Gasteiger partial charge in [0.1, 0.15) is 17.5 Å². The monoisotopic (exact) mass is 343 g/mol. The quantitative estimate of drug-likeness (QED) is 0.843. The van der Waals surface area contributed by atoms with E-state index in [-0.39, 0.29) is 12.2 Å². The lowest BCUT2D eigenvalue weighted by Crippen LogP contribution is -2.44. The molecule has 3 rings (SSSR count). The fourth-order valence-corrected chi connectivity index (χ4v) is 2.90. The highest BCUT2D eigenvalue weighted by Gasteiger charge is 2.27. The van der Waals surface area contributed by atoms with Crippen LogP contribution in [0.2, 0.25) is 0 Å². The molecule has 2 N–H and O–H groups in total. The summed E-state index contributed by atoms with van der Waals surface area (Å²) < 4.78 is 11.5. The van der Waals surface area contributed by atoms with Crippen molar-refractivity contribution < 1.29 is 14.3 Å². The van der Waals surface area contributed by atoms with Gasteiger partial charge in [0, 0.05) is 43.7 Å². The van der Waals surface area contributed by atoms with Gasteiger partial charge in [0.2, 0.25) is 0 Å². The molecule has 6 heteroatoms. The molecule has 0 saturated carbocycles. The van der Waals surface area contributed by atoms with Crippen molar-refractivity contribution in [3.05, 3.63) is 30.6 Å². The summed E-state index contributed by atoms with van der Waals surface area (Å²) in [5.74, 6) is 0.689. The molecular formula is C19H25N3O3. The summed E-state index contributed by atoms with van der Waals surface area (Å²) in [5, 5.41) is 2.04. The Labute approximate surface area is 147 Å². The Kier molecular flexibility index (Phi) is 4.70. The normalized spacial score (nSPS) is 16.0. The number of pyridine rings is 1. The van der Waals surface area contributed by atoms with Crippen LogP contribution in [0.5, 0.6) is 5.75 Å². The van der Waals surface area contributed by atoms with Gasteiger partial charge in [-0.2, -0.15) is 0 Å². The first-order chi connectivity index (χ1) is 11.8. The van der Waals surface area contributed by atoms with Gasteiger partial charge in [-0.3, -0.25) is 4.98 Å². The summed E-state index contributed by atoms with van der Waals surface area (Å²) in [5.41, 5.74) is 6.24. The van der Waals surface area contributed by atoms with Crippen molar-refractivity contribution in [2.45, 2.75) is 45.3 Å². The number of likely N-dealkylation sites (tertiary alicyclic amines) is 1. The standard InChI is InChI=1S/C19H25N3O3/c1-19(2,3)25-18(23)22-8-5-15(6-9-22)24-17-11-13-4-7-21-12-14(13)10-16(17)20/h4,7,10-12,15H,5-6,8-9,20H2,1-3H3. The number of hydrogen-bond donors (Lipinski definition) is 1. The molecule has 1 aliphatic heterocycles. The van der Waals surface area contributed by atoms with Crippen LogP contribution in [-0.2, 0) is 4.74 Å². The lowest BCUT2D eigenvalue weighted by Gasteiger charge is -2.33. The minimum absolute atomic E-state index is 0.0419. The van der Waals surface area contributed by atoms with E-state index in [1.807, 2.05) is 39.0 Å². The van der Waals surface area contributed by atoms with Gasteiger partial charge < -0.3 is 20.1 Å². The van der Waals surface area contributed by atoms with E-state index >= 15 is 0 Å². The molecule has 1 saturated heterocycles. The van der Waals surface area contributed by atoms with Crippen molar-refractivity contribution >= 4 is 22.6 Å². The number of hydrogen-bond acceptors (Lipinski definition) is 5. The zero-order valence-electron chi connectivity index (χ0n) is 15.0. The van der Waals surface area contributed by atoms with E-state index in [1.54, 1.807) is 17.3 Å². The topological polar surface area (TPSA) is 77.7 Å². The number of carbonyl (C=O) groups excluding carboxylic acids is 1. The predicted molar refractivity (Wildman–Crippen MR) is 97.6 cm³/mol. The van der Waals surface area contributed by atoms with Gasteiger partial charge >= 0.3 is 6.09 Å². The Morgan fingerprint density at radius 3 is 2.64 bits per heavy atom. The molecule has 0 atom stereocenters. The average molecular weight is 343 g/mol. The molecular weight excluding hydrogens is 318 g/mol. The fourth-order valence-electron chi connectivity index (χ4n) is 2.90. The van der Waals surface area contributed by atoms with E-state index in [2.05, 4.69) is 4.98 Å². The van der Waals surface area contributed by atoms with Crippen LogP contribution in [0.4, 0.5) is 10.5 Å². The molecule has 1 fully saturated rings. The second-order valence-corrected chi connectivity index (χ2v) is 7.40. The van der Waals surface area contributed by atoms with Gasteiger partial charge in [-0.05, 0) is 44.4 Å². The number of ether oxygens (including phenoxy) is 2. The predicted octanol–water partition coefficient (Wildman–Crippen LogP) is 3.60. The van der Waals surface area contributed by atoms with E-state index in [1.165, 1.54) is 0 Å². The zero-order valence-corrected chi connectivity index (χ0v) is 15.0. The molecule has 2 heterocycles. The van der Waals surface area contributed by atoms with Gasteiger partial charge in [0.05, 0.1) is 5.69 Å². The molecule has 6 nitrogen and oxygen atoms in total. The van der Waals surface area contributed by atoms with Crippen molar-refractivity contribution in [2.24, 2.45) is 0 Å². The second kappa shape index (κ2) is 6.78. The minimum Gasteiger partial charge on any atom is -0.488 e. The Morgan fingerprint density at radius 2 is 1.96 bits per heavy atom. The smallest absolute Gasteiger partial charge is 0.410 e. The Balaban J connectivity index is 1.61. The maximum atomic E-state index is 12.1. The maximum Gasteiger partial charge on any atom is 0.410 e. The van der Waals surface area contributed by atoms with Crippen LogP contribution in [0, 0.1) is 0 Å². The number of rotatable bonds is 2. The molecule has 25 heavy (non-hydrogen) atoms. The summed E-state index contributed by atoms with van der Waals surface area (Å²) in [7, 11) is 0. The number of benzene rings is 1. The molecule has 0 aliphatic carbocycles. The molecule has 0 unspecified atom stereocenters. The lowest BCUT2D eigenvalue weighted by molar-refractivity contribution is 0.0127. The van der Waals surface area contributed by atoms with Gasteiger partial charge in [0.25, 0.3) is 0 Å². The minimum atomic E-state index is -0.473. The molecule has 0 radical (unpaired) electrons. The van der Waals surface area contributed by atoms with E-state index in [4.69, 9.17) is 15.2 Å². The fraction of sp³-hybridized carbons (Fsp3) is 0.474. The average Bonchev–Trinajstić information content (AvgIpc) is 2.54. The van der Waals surface area contributed by atoms with Crippen molar-refractivity contribution in [2.75, 3.05) is 18.8 Å². The highest BCUT2D eigenvalue weighted by atomic mass is 16.6. The van der Waals surface area contributed by atoms with Crippen LogP contribution in [0.25, 0.3) is 10.8 Å². The number of anilines is 1. The zero-order chi connectivity index (χ0) is 18.0. The molecule has 0 spiro atoms. The number of aromatic nitrogens is 1. The maximum absolute atomic E-state index is 12.1. The number of nitrogen functional groups attached to an aromatic ring is 1. The highest BCUT2D eigenvalue weighted by Crippen LogP contribution is 2.30. The first-order valence-electron chi connectivity index (χ1n) is 8.60. The third-order valence-corrected chi connectivity index (χ3v) is 4.16. The lowest BCUT2D eigenvalue weighted by atomic mass is 10.1. The second-order valence-electron chi connectivity index (χ2n) is 7.40. The highest BCUT2D eigenvalue weighted by molar-refractivity contribution is 5.87. The first-order valence-corrected chi connectivity index (χ1v) is 8.60. The van der Waals surface area contributed by atoms with E-state index in [0.29, 0.717) is 24.5 Å². The first kappa shape index (κ1) is 17.3. The summed E-state index contributed by atoms with van der Waals surface area (Å²) in [6.45, 7) is 6.87. The summed E-state index contributed by atoms with van der Waals surface area (Å²) in [6, 6.07) is 5.77. The Bertz CT molecular complexity index is 762. The summed E-state index contributed by atoms with van der Waals surface area (Å²) in [4.78, 5) is 18.0. The third-order valence-electron chi connectivity index (χ3n) is 4.16. The number of nitrogens with two attached hydrogens (primary N) is 1. The Morgan fingerprint density at radius 1 is 1.24 bits per heavy atom. The SMILES string of the molecule is CC(C)(C)OC(=O)N1CCC(Oc2cc3ccncc3cc2N)CC1. The summed E-state index contributed by atoms with van der Waals surface area (Å²) in [6.07, 6.45) is 4.83. The van der Waals surface area contributed by atoms with Crippen molar-refractivity contribution in [1.82, 2.24) is 9.88 Å². The van der Waals surface area contributed by atoms with Crippen LogP contribution in [0.1, 0.15) is 33.6 Å². The molecule has 0 bridgehead atoms. The molecule has 1 amide bonds. The van der Waals surface area contributed by atoms with Gasteiger partial charge in [-0.1, -0.05) is 0 Å². The molecule has 134 valence electrons. The van der Waals surface area contributed by atoms with E-state index in [9.17, 15) is 4.79 Å². The summed E-state index contributed by atoms with van der Waals surface area (Å²) >= 11 is 0. The Hall–Kier alpha value is -2.50. The van der Waals surface area contributed by atoms with Crippen molar-refractivity contribution in [3.8, 4) is 5.75 Å². The van der Waals surface area contributed by atoms with Crippen molar-refractivity contribution in [3.63, 3.8) is 0 Å². The molecule has 1 aromatic carbocycles. The molecule has 1 aromatic heterocycles. The molecule has 2 aromatic rings. The largest absolute Gasteiger partial charge is 0.488 e. The van der Waals surface area contributed by atoms with Crippen LogP contribution < -0.4 is 10.5 Å². The van der Waals surface area contributed by atoms with Gasteiger partial charge in [-0.15, -0.1) is 0 Å². The van der Waals surface area contributed by atoms with Gasteiger partial charge in [0.15, 0.2) is 0 Å². The van der Waals surface area contributed by atoms with Crippen molar-refractivity contribution in [1.29, 1.82) is 0 Å². The number of nitrogens with zero attached hydrogens (tertiary/aromatic N) is 2. The third kappa shape index (κ3) is 4.32. The number of piperidine rings is 1. The number of amides is 1. The van der Waals surface area contributed by atoms with Crippen LogP contribution in [-0.4, -0.2) is 40.8 Å². The van der Waals surface area contributed by atoms with Gasteiger partial charge in [-0.25, -0.2) is 4.79 Å².